The van der Waals surface area contributed by atoms with Crippen LogP contribution in [0.15, 0.2) is 18.2 Å². The maximum Gasteiger partial charge on any atom is 0.125 e. The van der Waals surface area contributed by atoms with Crippen LogP contribution in [0.4, 0.5) is 10.1 Å². The molecule has 3 nitrogen and oxygen atoms in total. The van der Waals surface area contributed by atoms with Crippen molar-refractivity contribution in [3.63, 3.8) is 0 Å². The standard InChI is InChI=1S/C16H26FN3/c1-4-18-11-14-8-15(17)10-16(9-14)20-7-5-6-19(3)12-13(20)2/h8-10,13,18H,4-7,11-12H2,1-3H3. The third-order valence-electron chi connectivity index (χ3n) is 3.90. The molecule has 0 spiro atoms. The highest BCUT2D eigenvalue weighted by Gasteiger charge is 2.20. The van der Waals surface area contributed by atoms with Crippen LogP contribution in [0.25, 0.3) is 0 Å². The number of halogens is 1. The molecule has 0 bridgehead atoms. The van der Waals surface area contributed by atoms with Gasteiger partial charge in [-0.2, -0.15) is 0 Å². The molecule has 0 aromatic heterocycles. The molecule has 1 N–H and O–H groups in total. The van der Waals surface area contributed by atoms with Crippen molar-refractivity contribution in [1.82, 2.24) is 10.2 Å². The average Bonchev–Trinajstić information content (AvgIpc) is 2.56. The summed E-state index contributed by atoms with van der Waals surface area (Å²) in [6, 6.07) is 5.82. The Hall–Kier alpha value is -1.13. The van der Waals surface area contributed by atoms with Gasteiger partial charge in [-0.05, 0) is 57.2 Å². The zero-order chi connectivity index (χ0) is 14.5. The van der Waals surface area contributed by atoms with Crippen LogP contribution in [0.5, 0.6) is 0 Å². The molecule has 0 aliphatic carbocycles. The van der Waals surface area contributed by atoms with E-state index in [1.165, 1.54) is 0 Å². The van der Waals surface area contributed by atoms with Gasteiger partial charge < -0.3 is 15.1 Å². The minimum absolute atomic E-state index is 0.139. The van der Waals surface area contributed by atoms with Crippen molar-refractivity contribution in [2.75, 3.05) is 38.1 Å². The van der Waals surface area contributed by atoms with Crippen molar-refractivity contribution in [1.29, 1.82) is 0 Å². The smallest absolute Gasteiger partial charge is 0.125 e. The zero-order valence-corrected chi connectivity index (χ0v) is 12.8. The molecule has 1 aromatic carbocycles. The quantitative estimate of drug-likeness (QED) is 0.913. The summed E-state index contributed by atoms with van der Waals surface area (Å²) in [4.78, 5) is 4.69. The predicted octanol–water partition coefficient (Wildman–Crippen LogP) is 2.47. The molecule has 1 aromatic rings. The Morgan fingerprint density at radius 3 is 2.85 bits per heavy atom. The first-order valence-corrected chi connectivity index (χ1v) is 7.55. The fourth-order valence-corrected chi connectivity index (χ4v) is 2.93. The number of hydrogen-bond donors (Lipinski definition) is 1. The van der Waals surface area contributed by atoms with Crippen molar-refractivity contribution in [2.24, 2.45) is 0 Å². The third kappa shape index (κ3) is 3.93. The molecule has 0 amide bonds. The van der Waals surface area contributed by atoms with E-state index in [2.05, 4.69) is 42.1 Å². The molecule has 1 fully saturated rings. The monoisotopic (exact) mass is 279 g/mol. The Morgan fingerprint density at radius 2 is 2.10 bits per heavy atom. The molecule has 20 heavy (non-hydrogen) atoms. The average molecular weight is 279 g/mol. The van der Waals surface area contributed by atoms with Gasteiger partial charge in [0.1, 0.15) is 5.82 Å². The zero-order valence-electron chi connectivity index (χ0n) is 12.8. The molecule has 0 radical (unpaired) electrons. The van der Waals surface area contributed by atoms with Crippen LogP contribution in [0.1, 0.15) is 25.8 Å². The summed E-state index contributed by atoms with van der Waals surface area (Å²) in [6.45, 7) is 9.04. The molecule has 1 aliphatic rings. The van der Waals surface area contributed by atoms with Gasteiger partial charge in [-0.1, -0.05) is 6.92 Å². The third-order valence-corrected chi connectivity index (χ3v) is 3.90. The second-order valence-corrected chi connectivity index (χ2v) is 5.76. The summed E-state index contributed by atoms with van der Waals surface area (Å²) < 4.78 is 13.9. The molecule has 1 saturated heterocycles. The van der Waals surface area contributed by atoms with Gasteiger partial charge in [-0.25, -0.2) is 4.39 Å². The van der Waals surface area contributed by atoms with E-state index in [0.717, 1.165) is 50.4 Å². The van der Waals surface area contributed by atoms with E-state index in [4.69, 9.17) is 0 Å². The summed E-state index contributed by atoms with van der Waals surface area (Å²) in [6.07, 6.45) is 1.12. The second-order valence-electron chi connectivity index (χ2n) is 5.76. The number of nitrogens with one attached hydrogen (secondary N) is 1. The largest absolute Gasteiger partial charge is 0.367 e. The molecule has 0 saturated carbocycles. The van der Waals surface area contributed by atoms with E-state index in [1.54, 1.807) is 12.1 Å². The molecule has 1 heterocycles. The van der Waals surface area contributed by atoms with Gasteiger partial charge >= 0.3 is 0 Å². The van der Waals surface area contributed by atoms with Crippen LogP contribution < -0.4 is 10.2 Å². The first-order chi connectivity index (χ1) is 9.60. The Bertz CT molecular complexity index is 436. The molecule has 2 rings (SSSR count). The van der Waals surface area contributed by atoms with E-state index in [-0.39, 0.29) is 5.82 Å². The van der Waals surface area contributed by atoms with Gasteiger partial charge in [0, 0.05) is 31.4 Å². The molecule has 1 unspecified atom stereocenters. The van der Waals surface area contributed by atoms with E-state index in [9.17, 15) is 4.39 Å². The number of rotatable bonds is 4. The maximum atomic E-state index is 13.9. The molecular weight excluding hydrogens is 253 g/mol. The summed E-state index contributed by atoms with van der Waals surface area (Å²) in [7, 11) is 2.15. The van der Waals surface area contributed by atoms with E-state index in [1.807, 2.05) is 0 Å². The number of hydrogen-bond acceptors (Lipinski definition) is 3. The van der Waals surface area contributed by atoms with Crippen molar-refractivity contribution in [3.05, 3.63) is 29.6 Å². The van der Waals surface area contributed by atoms with Crippen LogP contribution in [0, 0.1) is 5.82 Å². The Balaban J connectivity index is 2.19. The highest BCUT2D eigenvalue weighted by molar-refractivity contribution is 5.50. The number of anilines is 1. The molecule has 4 heteroatoms. The SMILES string of the molecule is CCNCc1cc(F)cc(N2CCCN(C)CC2C)c1. The fourth-order valence-electron chi connectivity index (χ4n) is 2.93. The van der Waals surface area contributed by atoms with Crippen LogP contribution >= 0.6 is 0 Å². The lowest BCUT2D eigenvalue weighted by molar-refractivity contribution is 0.337. The van der Waals surface area contributed by atoms with Crippen molar-refractivity contribution < 1.29 is 4.39 Å². The van der Waals surface area contributed by atoms with Gasteiger partial charge in [0.25, 0.3) is 0 Å². The summed E-state index contributed by atoms with van der Waals surface area (Å²) in [5.41, 5.74) is 2.03. The second kappa shape index (κ2) is 7.04. The summed E-state index contributed by atoms with van der Waals surface area (Å²) in [5.74, 6) is -0.139. The van der Waals surface area contributed by atoms with E-state index >= 15 is 0 Å². The van der Waals surface area contributed by atoms with E-state index in [0.29, 0.717) is 6.04 Å². The summed E-state index contributed by atoms with van der Waals surface area (Å²) in [5, 5.41) is 3.26. The van der Waals surface area contributed by atoms with Crippen LogP contribution in [-0.2, 0) is 6.54 Å². The van der Waals surface area contributed by atoms with Gasteiger partial charge in [0.05, 0.1) is 0 Å². The first-order valence-electron chi connectivity index (χ1n) is 7.55. The molecule has 112 valence electrons. The topological polar surface area (TPSA) is 18.5 Å². The van der Waals surface area contributed by atoms with E-state index < -0.39 is 0 Å². The molecule has 1 aliphatic heterocycles. The van der Waals surface area contributed by atoms with Crippen LogP contribution in [-0.4, -0.2) is 44.2 Å². The Labute approximate surface area is 121 Å². The number of nitrogens with zero attached hydrogens (tertiary/aromatic N) is 2. The lowest BCUT2D eigenvalue weighted by Gasteiger charge is -2.30. The van der Waals surface area contributed by atoms with Crippen LogP contribution in [0.3, 0.4) is 0 Å². The minimum Gasteiger partial charge on any atom is -0.367 e. The van der Waals surface area contributed by atoms with Crippen molar-refractivity contribution >= 4 is 5.69 Å². The van der Waals surface area contributed by atoms with Crippen LogP contribution in [0.2, 0.25) is 0 Å². The molecule has 1 atom stereocenters. The minimum atomic E-state index is -0.139. The van der Waals surface area contributed by atoms with Gasteiger partial charge in [0.15, 0.2) is 0 Å². The van der Waals surface area contributed by atoms with Gasteiger partial charge in [-0.15, -0.1) is 0 Å². The van der Waals surface area contributed by atoms with Gasteiger partial charge in [-0.3, -0.25) is 0 Å². The van der Waals surface area contributed by atoms with Gasteiger partial charge in [0.2, 0.25) is 0 Å². The number of benzene rings is 1. The maximum absolute atomic E-state index is 13.9. The lowest BCUT2D eigenvalue weighted by atomic mass is 10.1. The highest BCUT2D eigenvalue weighted by Crippen LogP contribution is 2.23. The fraction of sp³-hybridized carbons (Fsp3) is 0.625. The Kier molecular flexibility index (Phi) is 5.38. The van der Waals surface area contributed by atoms with Crippen molar-refractivity contribution in [3.8, 4) is 0 Å². The Morgan fingerprint density at radius 1 is 1.30 bits per heavy atom. The highest BCUT2D eigenvalue weighted by atomic mass is 19.1. The lowest BCUT2D eigenvalue weighted by Crippen LogP contribution is -2.38. The molecular formula is C16H26FN3. The normalized spacial score (nSPS) is 21.0. The first kappa shape index (κ1) is 15.3. The number of likely N-dealkylation sites (N-methyl/N-ethyl adjacent to an activating group) is 1. The van der Waals surface area contributed by atoms with Crippen molar-refractivity contribution in [2.45, 2.75) is 32.9 Å². The predicted molar refractivity (Wildman–Crippen MR) is 82.7 cm³/mol. The summed E-state index contributed by atoms with van der Waals surface area (Å²) >= 11 is 0.